The summed E-state index contributed by atoms with van der Waals surface area (Å²) in [7, 11) is -3.63. The van der Waals surface area contributed by atoms with Gasteiger partial charge in [0.15, 0.2) is 5.76 Å². The zero-order valence-corrected chi connectivity index (χ0v) is 18.2. The number of rotatable bonds is 4. The van der Waals surface area contributed by atoms with Crippen LogP contribution in [0.2, 0.25) is 0 Å². The van der Waals surface area contributed by atoms with Gasteiger partial charge in [-0.05, 0) is 49.7 Å². The van der Waals surface area contributed by atoms with Crippen molar-refractivity contribution < 1.29 is 22.0 Å². The molecular formula is C23H23FN2O4S. The number of halogens is 1. The van der Waals surface area contributed by atoms with Crippen molar-refractivity contribution in [2.24, 2.45) is 0 Å². The highest BCUT2D eigenvalue weighted by atomic mass is 32.2. The molecule has 31 heavy (non-hydrogen) atoms. The lowest BCUT2D eigenvalue weighted by Gasteiger charge is -2.33. The number of hydrogen-bond donors (Lipinski definition) is 0. The molecule has 1 fully saturated rings. The monoisotopic (exact) mass is 442 g/mol. The van der Waals surface area contributed by atoms with Crippen LogP contribution < -0.4 is 0 Å². The van der Waals surface area contributed by atoms with Gasteiger partial charge < -0.3 is 9.32 Å². The molecule has 2 aromatic carbocycles. The van der Waals surface area contributed by atoms with Gasteiger partial charge in [0, 0.05) is 26.2 Å². The van der Waals surface area contributed by atoms with Crippen molar-refractivity contribution in [3.8, 4) is 11.3 Å². The summed E-state index contributed by atoms with van der Waals surface area (Å²) in [5, 5.41) is 0. The van der Waals surface area contributed by atoms with Gasteiger partial charge in [0.25, 0.3) is 5.91 Å². The van der Waals surface area contributed by atoms with Gasteiger partial charge in [-0.2, -0.15) is 4.31 Å². The second-order valence-corrected chi connectivity index (χ2v) is 9.52. The van der Waals surface area contributed by atoms with Gasteiger partial charge >= 0.3 is 0 Å². The number of carbonyl (C=O) groups is 1. The van der Waals surface area contributed by atoms with Crippen molar-refractivity contribution in [1.82, 2.24) is 9.21 Å². The number of aryl methyl sites for hydroxylation is 2. The minimum Gasteiger partial charge on any atom is -0.451 e. The predicted molar refractivity (Wildman–Crippen MR) is 115 cm³/mol. The van der Waals surface area contributed by atoms with E-state index in [4.69, 9.17) is 4.42 Å². The number of carbonyl (C=O) groups excluding carboxylic acids is 1. The van der Waals surface area contributed by atoms with Gasteiger partial charge in [-0.3, -0.25) is 4.79 Å². The number of piperazine rings is 1. The molecule has 3 aromatic rings. The SMILES string of the molecule is Cc1ccc(S(=O)(=O)N2CCN(C(=O)c3ccc(-c4ccccc4F)o3)CC2)c(C)c1. The van der Waals surface area contributed by atoms with E-state index in [2.05, 4.69) is 0 Å². The Kier molecular flexibility index (Phi) is 5.68. The average molecular weight is 443 g/mol. The summed E-state index contributed by atoms with van der Waals surface area (Å²) >= 11 is 0. The molecule has 0 unspecified atom stereocenters. The summed E-state index contributed by atoms with van der Waals surface area (Å²) < 4.78 is 47.0. The van der Waals surface area contributed by atoms with Gasteiger partial charge in [0.05, 0.1) is 10.5 Å². The fourth-order valence-corrected chi connectivity index (χ4v) is 5.40. The fourth-order valence-electron chi connectivity index (χ4n) is 3.77. The van der Waals surface area contributed by atoms with E-state index < -0.39 is 15.8 Å². The zero-order valence-electron chi connectivity index (χ0n) is 17.3. The molecule has 0 N–H and O–H groups in total. The van der Waals surface area contributed by atoms with Crippen LogP contribution in [0.25, 0.3) is 11.3 Å². The maximum Gasteiger partial charge on any atom is 0.289 e. The Balaban J connectivity index is 1.45. The summed E-state index contributed by atoms with van der Waals surface area (Å²) in [6, 6.07) is 14.5. The number of furan rings is 1. The molecule has 0 saturated carbocycles. The van der Waals surface area contributed by atoms with Crippen molar-refractivity contribution in [2.75, 3.05) is 26.2 Å². The molecule has 1 saturated heterocycles. The molecule has 4 rings (SSSR count). The highest BCUT2D eigenvalue weighted by Gasteiger charge is 2.32. The van der Waals surface area contributed by atoms with E-state index in [9.17, 15) is 17.6 Å². The van der Waals surface area contributed by atoms with Crippen molar-refractivity contribution in [3.05, 3.63) is 77.3 Å². The topological polar surface area (TPSA) is 70.8 Å². The molecule has 1 amide bonds. The summed E-state index contributed by atoms with van der Waals surface area (Å²) in [6.07, 6.45) is 0. The van der Waals surface area contributed by atoms with Gasteiger partial charge in [-0.25, -0.2) is 12.8 Å². The molecule has 2 heterocycles. The lowest BCUT2D eigenvalue weighted by molar-refractivity contribution is 0.0667. The number of amides is 1. The summed E-state index contributed by atoms with van der Waals surface area (Å²) in [4.78, 5) is 14.7. The summed E-state index contributed by atoms with van der Waals surface area (Å²) in [6.45, 7) is 4.59. The van der Waals surface area contributed by atoms with Gasteiger partial charge in [0.2, 0.25) is 10.0 Å². The van der Waals surface area contributed by atoms with Crippen LogP contribution in [-0.4, -0.2) is 49.7 Å². The van der Waals surface area contributed by atoms with Crippen LogP contribution in [0.4, 0.5) is 4.39 Å². The lowest BCUT2D eigenvalue weighted by Crippen LogP contribution is -2.50. The van der Waals surface area contributed by atoms with E-state index in [1.165, 1.54) is 16.4 Å². The third kappa shape index (κ3) is 4.13. The van der Waals surface area contributed by atoms with Gasteiger partial charge in [-0.1, -0.05) is 29.8 Å². The molecule has 0 radical (unpaired) electrons. The molecule has 162 valence electrons. The van der Waals surface area contributed by atoms with E-state index in [0.717, 1.165) is 5.56 Å². The van der Waals surface area contributed by atoms with E-state index in [0.29, 0.717) is 10.5 Å². The first kappa shape index (κ1) is 21.3. The number of sulfonamides is 1. The van der Waals surface area contributed by atoms with Crippen molar-refractivity contribution in [3.63, 3.8) is 0 Å². The quantitative estimate of drug-likeness (QED) is 0.615. The fraction of sp³-hybridized carbons (Fsp3) is 0.261. The van der Waals surface area contributed by atoms with Crippen LogP contribution in [0.1, 0.15) is 21.7 Å². The molecule has 1 aliphatic heterocycles. The third-order valence-corrected chi connectivity index (χ3v) is 7.49. The number of hydrogen-bond acceptors (Lipinski definition) is 4. The molecule has 0 bridgehead atoms. The Morgan fingerprint density at radius 2 is 1.68 bits per heavy atom. The predicted octanol–water partition coefficient (Wildman–Crippen LogP) is 3.85. The molecule has 8 heteroatoms. The minimum atomic E-state index is -3.63. The molecule has 1 aromatic heterocycles. The molecule has 0 spiro atoms. The van der Waals surface area contributed by atoms with E-state index in [1.807, 2.05) is 13.0 Å². The first-order valence-corrected chi connectivity index (χ1v) is 11.4. The third-order valence-electron chi connectivity index (χ3n) is 5.43. The second kappa shape index (κ2) is 8.28. The average Bonchev–Trinajstić information content (AvgIpc) is 3.23. The van der Waals surface area contributed by atoms with Crippen LogP contribution in [0, 0.1) is 19.7 Å². The standard InChI is InChI=1S/C23H23FN2O4S/c1-16-7-10-22(17(2)15-16)31(28,29)26-13-11-25(12-14-26)23(27)21-9-8-20(30-21)18-5-3-4-6-19(18)24/h3-10,15H,11-14H2,1-2H3. The molecule has 6 nitrogen and oxygen atoms in total. The Bertz CT molecular complexity index is 1230. The number of nitrogens with zero attached hydrogens (tertiary/aromatic N) is 2. The largest absolute Gasteiger partial charge is 0.451 e. The van der Waals surface area contributed by atoms with Gasteiger partial charge in [0.1, 0.15) is 11.6 Å². The maximum atomic E-state index is 14.0. The van der Waals surface area contributed by atoms with Crippen molar-refractivity contribution >= 4 is 15.9 Å². The highest BCUT2D eigenvalue weighted by molar-refractivity contribution is 7.89. The van der Waals surface area contributed by atoms with E-state index in [-0.39, 0.29) is 49.2 Å². The normalized spacial score (nSPS) is 15.3. The maximum absolute atomic E-state index is 14.0. The lowest BCUT2D eigenvalue weighted by atomic mass is 10.1. The van der Waals surface area contributed by atoms with Gasteiger partial charge in [-0.15, -0.1) is 0 Å². The Labute approximate surface area is 180 Å². The Morgan fingerprint density at radius 1 is 0.968 bits per heavy atom. The van der Waals surface area contributed by atoms with E-state index >= 15 is 0 Å². The molecule has 1 aliphatic rings. The van der Waals surface area contributed by atoms with Crippen molar-refractivity contribution in [2.45, 2.75) is 18.7 Å². The minimum absolute atomic E-state index is 0.101. The summed E-state index contributed by atoms with van der Waals surface area (Å²) in [5.41, 5.74) is 1.99. The smallest absolute Gasteiger partial charge is 0.289 e. The van der Waals surface area contributed by atoms with Crippen LogP contribution in [0.3, 0.4) is 0 Å². The first-order valence-electron chi connectivity index (χ1n) is 9.99. The van der Waals surface area contributed by atoms with Crippen LogP contribution in [0.5, 0.6) is 0 Å². The van der Waals surface area contributed by atoms with E-state index in [1.54, 1.807) is 48.2 Å². The first-order chi connectivity index (χ1) is 14.8. The highest BCUT2D eigenvalue weighted by Crippen LogP contribution is 2.26. The molecule has 0 aliphatic carbocycles. The zero-order chi connectivity index (χ0) is 22.2. The summed E-state index contributed by atoms with van der Waals surface area (Å²) in [5.74, 6) is -0.395. The number of benzene rings is 2. The molecular weight excluding hydrogens is 419 g/mol. The Hall–Kier alpha value is -2.97. The Morgan fingerprint density at radius 3 is 2.35 bits per heavy atom. The van der Waals surface area contributed by atoms with Crippen LogP contribution >= 0.6 is 0 Å². The van der Waals surface area contributed by atoms with Crippen molar-refractivity contribution in [1.29, 1.82) is 0 Å². The molecule has 0 atom stereocenters. The van der Waals surface area contributed by atoms with Crippen LogP contribution in [-0.2, 0) is 10.0 Å². The van der Waals surface area contributed by atoms with Crippen LogP contribution in [0.15, 0.2) is 63.9 Å². The second-order valence-electron chi connectivity index (χ2n) is 7.61.